The maximum absolute atomic E-state index is 13.1. The van der Waals surface area contributed by atoms with Gasteiger partial charge in [-0.3, -0.25) is 0 Å². The van der Waals surface area contributed by atoms with Gasteiger partial charge in [-0.2, -0.15) is 4.39 Å². The molecule has 0 spiro atoms. The molecule has 0 saturated carbocycles. The van der Waals surface area contributed by atoms with E-state index in [2.05, 4.69) is 5.10 Å². The van der Waals surface area contributed by atoms with Crippen LogP contribution in [0.5, 0.6) is 5.75 Å². The van der Waals surface area contributed by atoms with Gasteiger partial charge >= 0.3 is 0 Å². The van der Waals surface area contributed by atoms with E-state index >= 15 is 0 Å². The van der Waals surface area contributed by atoms with Crippen molar-refractivity contribution in [2.75, 3.05) is 7.11 Å². The maximum atomic E-state index is 13.1. The lowest BCUT2D eigenvalue weighted by Gasteiger charge is -2.19. The quantitative estimate of drug-likeness (QED) is 0.744. The van der Waals surface area contributed by atoms with Gasteiger partial charge in [0.15, 0.2) is 0 Å². The first-order valence-electron chi connectivity index (χ1n) is 3.86. The van der Waals surface area contributed by atoms with Crippen molar-refractivity contribution in [1.29, 1.82) is 0 Å². The SMILES string of the molecule is COc1c(F)nn(C(C)(C)C)c1I. The van der Waals surface area contributed by atoms with Crippen molar-refractivity contribution in [2.24, 2.45) is 0 Å². The van der Waals surface area contributed by atoms with E-state index in [9.17, 15) is 4.39 Å². The molecule has 0 atom stereocenters. The number of rotatable bonds is 1. The van der Waals surface area contributed by atoms with E-state index in [1.54, 1.807) is 4.68 Å². The van der Waals surface area contributed by atoms with Crippen LogP contribution in [0.25, 0.3) is 0 Å². The van der Waals surface area contributed by atoms with Crippen molar-refractivity contribution < 1.29 is 9.13 Å². The molecule has 1 aromatic heterocycles. The number of hydrogen-bond acceptors (Lipinski definition) is 2. The number of methoxy groups -OCH3 is 1. The van der Waals surface area contributed by atoms with Gasteiger partial charge in [0.05, 0.1) is 12.6 Å². The molecule has 0 aromatic carbocycles. The van der Waals surface area contributed by atoms with Gasteiger partial charge in [0.2, 0.25) is 5.75 Å². The Morgan fingerprint density at radius 3 is 2.23 bits per heavy atom. The molecule has 0 N–H and O–H groups in total. The van der Waals surface area contributed by atoms with Crippen LogP contribution in [-0.4, -0.2) is 16.9 Å². The molecule has 0 aliphatic rings. The van der Waals surface area contributed by atoms with Crippen LogP contribution in [0.2, 0.25) is 0 Å². The highest BCUT2D eigenvalue weighted by Gasteiger charge is 2.24. The van der Waals surface area contributed by atoms with Gasteiger partial charge in [-0.25, -0.2) is 4.68 Å². The highest BCUT2D eigenvalue weighted by Crippen LogP contribution is 2.28. The average molecular weight is 298 g/mol. The maximum Gasteiger partial charge on any atom is 0.275 e. The van der Waals surface area contributed by atoms with E-state index in [0.29, 0.717) is 3.70 Å². The topological polar surface area (TPSA) is 27.1 Å². The Bertz CT molecular complexity index is 317. The second kappa shape index (κ2) is 3.43. The molecule has 0 unspecified atom stereocenters. The van der Waals surface area contributed by atoms with Crippen molar-refractivity contribution in [3.8, 4) is 5.75 Å². The number of nitrogens with zero attached hydrogens (tertiary/aromatic N) is 2. The zero-order valence-corrected chi connectivity index (χ0v) is 10.2. The molecule has 1 rings (SSSR count). The molecule has 0 saturated heterocycles. The molecule has 0 bridgehead atoms. The summed E-state index contributed by atoms with van der Waals surface area (Å²) in [6.45, 7) is 5.88. The molecule has 13 heavy (non-hydrogen) atoms. The molecule has 3 nitrogen and oxygen atoms in total. The fourth-order valence-electron chi connectivity index (χ4n) is 0.971. The summed E-state index contributed by atoms with van der Waals surface area (Å²) in [5.41, 5.74) is -0.228. The van der Waals surface area contributed by atoms with Gasteiger partial charge in [-0.1, -0.05) is 0 Å². The van der Waals surface area contributed by atoms with Gasteiger partial charge in [0.1, 0.15) is 3.70 Å². The molecule has 0 aliphatic carbocycles. The normalized spacial score (nSPS) is 11.8. The van der Waals surface area contributed by atoms with E-state index in [-0.39, 0.29) is 11.3 Å². The smallest absolute Gasteiger partial charge is 0.275 e. The first-order chi connectivity index (χ1) is 5.88. The van der Waals surface area contributed by atoms with E-state index < -0.39 is 5.95 Å². The Morgan fingerprint density at radius 1 is 1.46 bits per heavy atom. The summed E-state index contributed by atoms with van der Waals surface area (Å²) in [5, 5.41) is 3.77. The third-order valence-corrected chi connectivity index (χ3v) is 2.53. The summed E-state index contributed by atoms with van der Waals surface area (Å²) < 4.78 is 20.3. The van der Waals surface area contributed by atoms with Crippen LogP contribution in [0, 0.1) is 9.65 Å². The van der Waals surface area contributed by atoms with Gasteiger partial charge in [0, 0.05) is 0 Å². The van der Waals surface area contributed by atoms with E-state index in [1.807, 2.05) is 43.4 Å². The van der Waals surface area contributed by atoms with Crippen LogP contribution in [0.3, 0.4) is 0 Å². The van der Waals surface area contributed by atoms with E-state index in [4.69, 9.17) is 4.74 Å². The highest BCUT2D eigenvalue weighted by molar-refractivity contribution is 14.1. The van der Waals surface area contributed by atoms with Gasteiger partial charge in [0.25, 0.3) is 5.95 Å². The average Bonchev–Trinajstić information content (AvgIpc) is 2.25. The number of ether oxygens (including phenoxy) is 1. The van der Waals surface area contributed by atoms with Gasteiger partial charge in [-0.05, 0) is 43.4 Å². The second-order valence-corrected chi connectivity index (χ2v) is 4.72. The summed E-state index contributed by atoms with van der Waals surface area (Å²) in [5.74, 6) is -0.336. The molecule has 1 aromatic rings. The lowest BCUT2D eigenvalue weighted by molar-refractivity contribution is 0.335. The second-order valence-electron chi connectivity index (χ2n) is 3.70. The van der Waals surface area contributed by atoms with Crippen LogP contribution in [0.4, 0.5) is 4.39 Å². The molecule has 0 amide bonds. The third-order valence-electron chi connectivity index (χ3n) is 1.59. The van der Waals surface area contributed by atoms with Crippen molar-refractivity contribution >= 4 is 22.6 Å². The largest absolute Gasteiger partial charge is 0.490 e. The van der Waals surface area contributed by atoms with E-state index in [0.717, 1.165) is 0 Å². The summed E-state index contributed by atoms with van der Waals surface area (Å²) >= 11 is 2.02. The summed E-state index contributed by atoms with van der Waals surface area (Å²) in [4.78, 5) is 0. The molecular formula is C8H12FIN2O. The third kappa shape index (κ3) is 1.95. The monoisotopic (exact) mass is 298 g/mol. The summed E-state index contributed by atoms with van der Waals surface area (Å²) in [6.07, 6.45) is 0. The molecule has 0 fully saturated rings. The minimum absolute atomic E-state index is 0.218. The Labute approximate surface area is 90.4 Å². The zero-order valence-electron chi connectivity index (χ0n) is 8.06. The van der Waals surface area contributed by atoms with Crippen molar-refractivity contribution in [2.45, 2.75) is 26.3 Å². The Morgan fingerprint density at radius 2 is 2.00 bits per heavy atom. The first kappa shape index (κ1) is 10.7. The zero-order chi connectivity index (χ0) is 10.2. The van der Waals surface area contributed by atoms with Crippen LogP contribution in [0.15, 0.2) is 0 Å². The van der Waals surface area contributed by atoms with Crippen LogP contribution in [-0.2, 0) is 5.54 Å². The minimum Gasteiger partial charge on any atom is -0.490 e. The van der Waals surface area contributed by atoms with Crippen molar-refractivity contribution in [3.63, 3.8) is 0 Å². The van der Waals surface area contributed by atoms with Crippen LogP contribution >= 0.6 is 22.6 Å². The first-order valence-corrected chi connectivity index (χ1v) is 4.94. The molecule has 74 valence electrons. The van der Waals surface area contributed by atoms with Gasteiger partial charge < -0.3 is 4.74 Å². The Kier molecular flexibility index (Phi) is 2.84. The lowest BCUT2D eigenvalue weighted by Crippen LogP contribution is -2.24. The molecule has 0 radical (unpaired) electrons. The Balaban J connectivity index is 3.26. The predicted octanol–water partition coefficient (Wildman–Crippen LogP) is 2.39. The summed E-state index contributed by atoms with van der Waals surface area (Å²) in [6, 6.07) is 0. The molecule has 0 aliphatic heterocycles. The molecular weight excluding hydrogens is 286 g/mol. The van der Waals surface area contributed by atoms with Gasteiger partial charge in [-0.15, -0.1) is 5.10 Å². The Hall–Kier alpha value is -0.330. The highest BCUT2D eigenvalue weighted by atomic mass is 127. The fraction of sp³-hybridized carbons (Fsp3) is 0.625. The fourth-order valence-corrected chi connectivity index (χ4v) is 2.25. The van der Waals surface area contributed by atoms with Crippen molar-refractivity contribution in [1.82, 2.24) is 9.78 Å². The van der Waals surface area contributed by atoms with E-state index in [1.165, 1.54) is 7.11 Å². The van der Waals surface area contributed by atoms with Crippen molar-refractivity contribution in [3.05, 3.63) is 9.65 Å². The predicted molar refractivity (Wildman–Crippen MR) is 56.5 cm³/mol. The molecule has 5 heteroatoms. The number of aromatic nitrogens is 2. The standard InChI is InChI=1S/C8H12FIN2O/c1-8(2,3)12-7(10)5(13-4)6(9)11-12/h1-4H3. The number of halogens is 2. The summed E-state index contributed by atoms with van der Waals surface area (Å²) in [7, 11) is 1.44. The van der Waals surface area contributed by atoms with Crippen LogP contribution in [0.1, 0.15) is 20.8 Å². The minimum atomic E-state index is -0.554. The number of hydrogen-bond donors (Lipinski definition) is 0. The van der Waals surface area contributed by atoms with Crippen LogP contribution < -0.4 is 4.74 Å². The molecule has 1 heterocycles. The lowest BCUT2D eigenvalue weighted by atomic mass is 10.1.